The van der Waals surface area contributed by atoms with Crippen LogP contribution in [0.15, 0.2) is 24.3 Å². The van der Waals surface area contributed by atoms with E-state index in [9.17, 15) is 18.0 Å². The van der Waals surface area contributed by atoms with Crippen molar-refractivity contribution in [1.29, 1.82) is 0 Å². The lowest BCUT2D eigenvalue weighted by Gasteiger charge is -2.35. The zero-order valence-electron chi connectivity index (χ0n) is 15.2. The molecule has 2 saturated heterocycles. The van der Waals surface area contributed by atoms with E-state index in [4.69, 9.17) is 0 Å². The first-order valence-corrected chi connectivity index (χ1v) is 11.1. The number of hydrogen-bond acceptors (Lipinski definition) is 4. The lowest BCUT2D eigenvalue weighted by Crippen LogP contribution is -2.50. The fraction of sp³-hybridized carbons (Fsp3) is 0.579. The Morgan fingerprint density at radius 2 is 1.65 bits per heavy atom. The minimum absolute atomic E-state index is 0.00152. The molecule has 2 aliphatic rings. The zero-order valence-corrected chi connectivity index (χ0v) is 16.0. The van der Waals surface area contributed by atoms with Crippen LogP contribution in [-0.2, 0) is 21.1 Å². The first-order valence-electron chi connectivity index (χ1n) is 9.24. The number of carbonyl (C=O) groups is 2. The van der Waals surface area contributed by atoms with Gasteiger partial charge >= 0.3 is 0 Å². The molecule has 3 rings (SSSR count). The maximum absolute atomic E-state index is 12.6. The summed E-state index contributed by atoms with van der Waals surface area (Å²) >= 11 is 0. The van der Waals surface area contributed by atoms with Gasteiger partial charge in [-0.15, -0.1) is 0 Å². The maximum atomic E-state index is 12.6. The van der Waals surface area contributed by atoms with E-state index in [1.807, 2.05) is 24.3 Å². The molecule has 2 amide bonds. The van der Waals surface area contributed by atoms with Crippen molar-refractivity contribution >= 4 is 21.7 Å². The van der Waals surface area contributed by atoms with Crippen LogP contribution in [-0.4, -0.2) is 67.7 Å². The zero-order chi connectivity index (χ0) is 18.7. The molecule has 0 aromatic heterocycles. The minimum atomic E-state index is -2.95. The summed E-state index contributed by atoms with van der Waals surface area (Å²) in [5.74, 6) is 0.284. The summed E-state index contributed by atoms with van der Waals surface area (Å²) in [6.45, 7) is 4.13. The van der Waals surface area contributed by atoms with Crippen molar-refractivity contribution in [2.45, 2.75) is 26.2 Å². The monoisotopic (exact) mass is 378 g/mol. The van der Waals surface area contributed by atoms with Gasteiger partial charge in [-0.3, -0.25) is 9.59 Å². The standard InChI is InChI=1S/C19H26N2O4S/c1-2-15-3-5-17(6-4-15)19(23)21-10-8-20(9-11-21)18(22)13-16-7-12-26(24,25)14-16/h3-6,16H,2,7-14H2,1H3. The van der Waals surface area contributed by atoms with Gasteiger partial charge in [0.15, 0.2) is 9.84 Å². The lowest BCUT2D eigenvalue weighted by molar-refractivity contribution is -0.133. The van der Waals surface area contributed by atoms with E-state index in [0.717, 1.165) is 6.42 Å². The summed E-state index contributed by atoms with van der Waals surface area (Å²) < 4.78 is 23.0. The van der Waals surface area contributed by atoms with Gasteiger partial charge in [-0.05, 0) is 36.5 Å². The Hall–Kier alpha value is -1.89. The van der Waals surface area contributed by atoms with E-state index in [2.05, 4.69) is 6.92 Å². The molecule has 1 unspecified atom stereocenters. The van der Waals surface area contributed by atoms with Crippen molar-refractivity contribution in [2.75, 3.05) is 37.7 Å². The summed E-state index contributed by atoms with van der Waals surface area (Å²) in [5, 5.41) is 0. The summed E-state index contributed by atoms with van der Waals surface area (Å²) in [4.78, 5) is 28.5. The Bertz CT molecular complexity index is 765. The Kier molecular flexibility index (Phi) is 5.65. The molecule has 0 bridgehead atoms. The Morgan fingerprint density at radius 3 is 2.19 bits per heavy atom. The van der Waals surface area contributed by atoms with Gasteiger partial charge in [0.1, 0.15) is 0 Å². The van der Waals surface area contributed by atoms with Gasteiger partial charge in [0.25, 0.3) is 5.91 Å². The number of nitrogens with zero attached hydrogens (tertiary/aromatic N) is 2. The molecule has 0 aliphatic carbocycles. The molecule has 2 aliphatic heterocycles. The van der Waals surface area contributed by atoms with Crippen LogP contribution in [0.25, 0.3) is 0 Å². The van der Waals surface area contributed by atoms with E-state index in [1.165, 1.54) is 5.56 Å². The van der Waals surface area contributed by atoms with Gasteiger partial charge in [-0.25, -0.2) is 8.42 Å². The van der Waals surface area contributed by atoms with Gasteiger partial charge in [0.05, 0.1) is 11.5 Å². The van der Waals surface area contributed by atoms with Crippen molar-refractivity contribution in [3.8, 4) is 0 Å². The van der Waals surface area contributed by atoms with Crippen molar-refractivity contribution in [3.63, 3.8) is 0 Å². The van der Waals surface area contributed by atoms with Crippen LogP contribution in [0.3, 0.4) is 0 Å². The second-order valence-corrected chi connectivity index (χ2v) is 9.43. The molecule has 142 valence electrons. The molecule has 7 heteroatoms. The third-order valence-corrected chi connectivity index (χ3v) is 7.16. The summed E-state index contributed by atoms with van der Waals surface area (Å²) in [6.07, 6.45) is 1.82. The molecule has 0 radical (unpaired) electrons. The number of carbonyl (C=O) groups excluding carboxylic acids is 2. The molecular weight excluding hydrogens is 352 g/mol. The van der Waals surface area contributed by atoms with E-state index >= 15 is 0 Å². The van der Waals surface area contributed by atoms with E-state index in [0.29, 0.717) is 44.6 Å². The van der Waals surface area contributed by atoms with Gasteiger partial charge in [-0.1, -0.05) is 19.1 Å². The van der Waals surface area contributed by atoms with Crippen molar-refractivity contribution < 1.29 is 18.0 Å². The predicted molar refractivity (Wildman–Crippen MR) is 99.7 cm³/mol. The first-order chi connectivity index (χ1) is 12.4. The molecule has 6 nitrogen and oxygen atoms in total. The molecule has 2 heterocycles. The average Bonchev–Trinajstić information content (AvgIpc) is 2.99. The normalized spacial score (nSPS) is 22.4. The third kappa shape index (κ3) is 4.44. The SMILES string of the molecule is CCc1ccc(C(=O)N2CCN(C(=O)CC3CCS(=O)(=O)C3)CC2)cc1. The number of piperazine rings is 1. The van der Waals surface area contributed by atoms with E-state index < -0.39 is 9.84 Å². The lowest BCUT2D eigenvalue weighted by atomic mass is 10.0. The van der Waals surface area contributed by atoms with Gasteiger partial charge in [-0.2, -0.15) is 0 Å². The Balaban J connectivity index is 1.50. The highest BCUT2D eigenvalue weighted by molar-refractivity contribution is 7.91. The Morgan fingerprint density at radius 1 is 1.04 bits per heavy atom. The minimum Gasteiger partial charge on any atom is -0.339 e. The molecule has 26 heavy (non-hydrogen) atoms. The second-order valence-electron chi connectivity index (χ2n) is 7.20. The molecule has 1 atom stereocenters. The molecular formula is C19H26N2O4S. The van der Waals surface area contributed by atoms with Gasteiger partial charge in [0.2, 0.25) is 5.91 Å². The van der Waals surface area contributed by atoms with Crippen LogP contribution < -0.4 is 0 Å². The van der Waals surface area contributed by atoms with Crippen LogP contribution in [0.4, 0.5) is 0 Å². The third-order valence-electron chi connectivity index (χ3n) is 5.32. The molecule has 2 fully saturated rings. The number of benzene rings is 1. The predicted octanol–water partition coefficient (Wildman–Crippen LogP) is 1.36. The molecule has 0 N–H and O–H groups in total. The van der Waals surface area contributed by atoms with Crippen LogP contribution in [0.5, 0.6) is 0 Å². The van der Waals surface area contributed by atoms with Crippen LogP contribution in [0.1, 0.15) is 35.7 Å². The number of sulfone groups is 1. The highest BCUT2D eigenvalue weighted by atomic mass is 32.2. The smallest absolute Gasteiger partial charge is 0.253 e. The molecule has 1 aromatic rings. The highest BCUT2D eigenvalue weighted by Crippen LogP contribution is 2.23. The van der Waals surface area contributed by atoms with Crippen molar-refractivity contribution in [2.24, 2.45) is 5.92 Å². The van der Waals surface area contributed by atoms with Crippen LogP contribution in [0, 0.1) is 5.92 Å². The fourth-order valence-electron chi connectivity index (χ4n) is 3.63. The number of amides is 2. The quantitative estimate of drug-likeness (QED) is 0.793. The first kappa shape index (κ1) is 18.9. The molecule has 0 spiro atoms. The summed E-state index contributed by atoms with van der Waals surface area (Å²) in [5.41, 5.74) is 1.88. The topological polar surface area (TPSA) is 74.8 Å². The van der Waals surface area contributed by atoms with Crippen molar-refractivity contribution in [3.05, 3.63) is 35.4 Å². The van der Waals surface area contributed by atoms with Crippen LogP contribution in [0.2, 0.25) is 0 Å². The summed E-state index contributed by atoms with van der Waals surface area (Å²) in [7, 11) is -2.95. The molecule has 1 aromatic carbocycles. The van der Waals surface area contributed by atoms with Crippen LogP contribution >= 0.6 is 0 Å². The van der Waals surface area contributed by atoms with E-state index in [1.54, 1.807) is 9.80 Å². The van der Waals surface area contributed by atoms with Gasteiger partial charge < -0.3 is 9.80 Å². The number of rotatable bonds is 4. The maximum Gasteiger partial charge on any atom is 0.253 e. The number of aryl methyl sites for hydroxylation is 1. The second kappa shape index (κ2) is 7.78. The fourth-order valence-corrected chi connectivity index (χ4v) is 5.50. The number of hydrogen-bond donors (Lipinski definition) is 0. The highest BCUT2D eigenvalue weighted by Gasteiger charge is 2.32. The van der Waals surface area contributed by atoms with E-state index in [-0.39, 0.29) is 29.2 Å². The molecule has 0 saturated carbocycles. The van der Waals surface area contributed by atoms with Gasteiger partial charge in [0, 0.05) is 38.2 Å². The Labute approximate surface area is 155 Å². The summed E-state index contributed by atoms with van der Waals surface area (Å²) in [6, 6.07) is 7.67. The average molecular weight is 378 g/mol. The van der Waals surface area contributed by atoms with Crippen molar-refractivity contribution in [1.82, 2.24) is 9.80 Å². The largest absolute Gasteiger partial charge is 0.339 e.